The molecule has 1 aliphatic heterocycles. The maximum Gasteiger partial charge on any atom is 0.0483 e. The number of aryl methyl sites for hydroxylation is 3. The van der Waals surface area contributed by atoms with Crippen molar-refractivity contribution in [3.8, 4) is 0 Å². The average Bonchev–Trinajstić information content (AvgIpc) is 2.24. The van der Waals surface area contributed by atoms with Crippen molar-refractivity contribution >= 4 is 0 Å². The molecule has 1 aromatic carbocycles. The lowest BCUT2D eigenvalue weighted by atomic mass is 9.82. The highest BCUT2D eigenvalue weighted by Gasteiger charge is 2.29. The van der Waals surface area contributed by atoms with Crippen LogP contribution in [0.2, 0.25) is 0 Å². The molecule has 2 rings (SSSR count). The topological polar surface area (TPSA) is 35.2 Å². The largest absolute Gasteiger partial charge is 0.381 e. The van der Waals surface area contributed by atoms with E-state index < -0.39 is 0 Å². The number of ether oxygens (including phenoxy) is 1. The fourth-order valence-electron chi connectivity index (χ4n) is 2.80. The molecule has 1 fully saturated rings. The summed E-state index contributed by atoms with van der Waals surface area (Å²) in [6.45, 7) is 8.15. The van der Waals surface area contributed by atoms with Crippen LogP contribution in [0.25, 0.3) is 0 Å². The van der Waals surface area contributed by atoms with Gasteiger partial charge in [-0.2, -0.15) is 0 Å². The molecule has 0 spiro atoms. The Bertz CT molecular complexity index is 382. The molecule has 0 aliphatic carbocycles. The number of nitrogens with two attached hydrogens (primary N) is 1. The maximum absolute atomic E-state index is 6.49. The van der Waals surface area contributed by atoms with Crippen LogP contribution < -0.4 is 5.73 Å². The molecule has 1 heterocycles. The smallest absolute Gasteiger partial charge is 0.0483 e. The molecule has 17 heavy (non-hydrogen) atoms. The first-order valence-electron chi connectivity index (χ1n) is 6.43. The Labute approximate surface area is 104 Å². The first-order chi connectivity index (χ1) is 8.00. The molecule has 0 saturated carbocycles. The van der Waals surface area contributed by atoms with Crippen molar-refractivity contribution in [3.05, 3.63) is 34.4 Å². The third-order valence-corrected chi connectivity index (χ3v) is 3.86. The number of hydrogen-bond acceptors (Lipinski definition) is 2. The summed E-state index contributed by atoms with van der Waals surface area (Å²) < 4.78 is 5.40. The van der Waals surface area contributed by atoms with Gasteiger partial charge in [0.2, 0.25) is 0 Å². The van der Waals surface area contributed by atoms with E-state index in [1.165, 1.54) is 22.3 Å². The molecule has 0 amide bonds. The Morgan fingerprint density at radius 2 is 1.65 bits per heavy atom. The van der Waals surface area contributed by atoms with Gasteiger partial charge < -0.3 is 10.5 Å². The van der Waals surface area contributed by atoms with Crippen molar-refractivity contribution < 1.29 is 4.74 Å². The molecule has 1 saturated heterocycles. The molecule has 2 N–H and O–H groups in total. The highest BCUT2D eigenvalue weighted by molar-refractivity contribution is 5.38. The quantitative estimate of drug-likeness (QED) is 0.852. The highest BCUT2D eigenvalue weighted by atomic mass is 16.5. The van der Waals surface area contributed by atoms with Crippen LogP contribution in [0.15, 0.2) is 12.1 Å². The van der Waals surface area contributed by atoms with Crippen molar-refractivity contribution in [1.29, 1.82) is 0 Å². The highest BCUT2D eigenvalue weighted by Crippen LogP contribution is 2.26. The summed E-state index contributed by atoms with van der Waals surface area (Å²) in [6, 6.07) is 4.51. The zero-order chi connectivity index (χ0) is 12.5. The molecular weight excluding hydrogens is 210 g/mol. The zero-order valence-corrected chi connectivity index (χ0v) is 11.2. The molecular formula is C15H23NO. The summed E-state index contributed by atoms with van der Waals surface area (Å²) >= 11 is 0. The van der Waals surface area contributed by atoms with Crippen molar-refractivity contribution in [2.24, 2.45) is 5.73 Å². The van der Waals surface area contributed by atoms with E-state index in [0.717, 1.165) is 32.5 Å². The van der Waals surface area contributed by atoms with Gasteiger partial charge in [0, 0.05) is 18.8 Å². The molecule has 1 aliphatic rings. The SMILES string of the molecule is Cc1cc(C)c(CC2(N)CCOCC2)c(C)c1. The summed E-state index contributed by atoms with van der Waals surface area (Å²) in [6.07, 6.45) is 2.92. The number of hydrogen-bond donors (Lipinski definition) is 1. The van der Waals surface area contributed by atoms with Gasteiger partial charge in [-0.1, -0.05) is 17.7 Å². The van der Waals surface area contributed by atoms with E-state index in [1.54, 1.807) is 0 Å². The Morgan fingerprint density at radius 3 is 2.18 bits per heavy atom. The van der Waals surface area contributed by atoms with E-state index in [2.05, 4.69) is 32.9 Å². The second kappa shape index (κ2) is 4.79. The summed E-state index contributed by atoms with van der Waals surface area (Å²) in [4.78, 5) is 0. The molecule has 0 aromatic heterocycles. The van der Waals surface area contributed by atoms with Gasteiger partial charge in [0.05, 0.1) is 0 Å². The minimum Gasteiger partial charge on any atom is -0.381 e. The van der Waals surface area contributed by atoms with Gasteiger partial charge in [0.15, 0.2) is 0 Å². The maximum atomic E-state index is 6.49. The van der Waals surface area contributed by atoms with Gasteiger partial charge in [-0.3, -0.25) is 0 Å². The summed E-state index contributed by atoms with van der Waals surface area (Å²) in [7, 11) is 0. The average molecular weight is 233 g/mol. The van der Waals surface area contributed by atoms with Crippen LogP contribution >= 0.6 is 0 Å². The van der Waals surface area contributed by atoms with E-state index in [-0.39, 0.29) is 5.54 Å². The molecule has 2 heteroatoms. The first kappa shape index (κ1) is 12.6. The zero-order valence-electron chi connectivity index (χ0n) is 11.2. The summed E-state index contributed by atoms with van der Waals surface area (Å²) in [5, 5.41) is 0. The Kier molecular flexibility index (Phi) is 3.55. The molecule has 0 unspecified atom stereocenters. The van der Waals surface area contributed by atoms with Gasteiger partial charge in [-0.25, -0.2) is 0 Å². The Morgan fingerprint density at radius 1 is 1.12 bits per heavy atom. The van der Waals surface area contributed by atoms with E-state index >= 15 is 0 Å². The van der Waals surface area contributed by atoms with Crippen LogP contribution in [0.5, 0.6) is 0 Å². The van der Waals surface area contributed by atoms with Crippen molar-refractivity contribution in [2.45, 2.75) is 45.6 Å². The van der Waals surface area contributed by atoms with Crippen LogP contribution in [-0.4, -0.2) is 18.8 Å². The lowest BCUT2D eigenvalue weighted by molar-refractivity contribution is 0.0532. The third kappa shape index (κ3) is 2.88. The van der Waals surface area contributed by atoms with Crippen LogP contribution in [0.4, 0.5) is 0 Å². The van der Waals surface area contributed by atoms with E-state index in [4.69, 9.17) is 10.5 Å². The Hall–Kier alpha value is -0.860. The van der Waals surface area contributed by atoms with Crippen LogP contribution in [-0.2, 0) is 11.2 Å². The lowest BCUT2D eigenvalue weighted by Gasteiger charge is -2.34. The van der Waals surface area contributed by atoms with E-state index in [9.17, 15) is 0 Å². The van der Waals surface area contributed by atoms with E-state index in [0.29, 0.717) is 0 Å². The lowest BCUT2D eigenvalue weighted by Crippen LogP contribution is -2.47. The van der Waals surface area contributed by atoms with Gasteiger partial charge in [-0.15, -0.1) is 0 Å². The first-order valence-corrected chi connectivity index (χ1v) is 6.43. The fourth-order valence-corrected chi connectivity index (χ4v) is 2.80. The normalized spacial score (nSPS) is 19.3. The molecule has 0 radical (unpaired) electrons. The second-order valence-corrected chi connectivity index (χ2v) is 5.53. The Balaban J connectivity index is 2.23. The van der Waals surface area contributed by atoms with Crippen LogP contribution in [0, 0.1) is 20.8 Å². The predicted octanol–water partition coefficient (Wildman–Crippen LogP) is 2.66. The van der Waals surface area contributed by atoms with Crippen molar-refractivity contribution in [1.82, 2.24) is 0 Å². The predicted molar refractivity (Wildman–Crippen MR) is 71.3 cm³/mol. The van der Waals surface area contributed by atoms with Crippen molar-refractivity contribution in [3.63, 3.8) is 0 Å². The number of rotatable bonds is 2. The molecule has 0 bridgehead atoms. The summed E-state index contributed by atoms with van der Waals surface area (Å²) in [5.74, 6) is 0. The molecule has 1 aromatic rings. The standard InChI is InChI=1S/C15H23NO/c1-11-8-12(2)14(13(3)9-11)10-15(16)4-6-17-7-5-15/h8-9H,4-7,10,16H2,1-3H3. The van der Waals surface area contributed by atoms with Gasteiger partial charge in [-0.05, 0) is 56.7 Å². The number of benzene rings is 1. The molecule has 2 nitrogen and oxygen atoms in total. The molecule has 94 valence electrons. The van der Waals surface area contributed by atoms with Crippen molar-refractivity contribution in [2.75, 3.05) is 13.2 Å². The molecule has 0 atom stereocenters. The minimum absolute atomic E-state index is 0.0664. The van der Waals surface area contributed by atoms with Gasteiger partial charge in [0.1, 0.15) is 0 Å². The third-order valence-electron chi connectivity index (χ3n) is 3.86. The minimum atomic E-state index is -0.0664. The van der Waals surface area contributed by atoms with Gasteiger partial charge in [0.25, 0.3) is 0 Å². The van der Waals surface area contributed by atoms with Crippen LogP contribution in [0.1, 0.15) is 35.1 Å². The summed E-state index contributed by atoms with van der Waals surface area (Å²) in [5.41, 5.74) is 11.9. The fraction of sp³-hybridized carbons (Fsp3) is 0.600. The second-order valence-electron chi connectivity index (χ2n) is 5.53. The van der Waals surface area contributed by atoms with Crippen LogP contribution in [0.3, 0.4) is 0 Å². The van der Waals surface area contributed by atoms with Gasteiger partial charge >= 0.3 is 0 Å². The monoisotopic (exact) mass is 233 g/mol. The van der Waals surface area contributed by atoms with E-state index in [1.807, 2.05) is 0 Å².